The van der Waals surface area contributed by atoms with Gasteiger partial charge in [-0.05, 0) is 0 Å². The average molecular weight is 186 g/mol. The third-order valence-electron chi connectivity index (χ3n) is 1.70. The zero-order valence-corrected chi connectivity index (χ0v) is 7.15. The summed E-state index contributed by atoms with van der Waals surface area (Å²) in [6, 6.07) is 0. The first-order valence-corrected chi connectivity index (χ1v) is 3.82. The highest BCUT2D eigenvalue weighted by Crippen LogP contribution is 2.15. The van der Waals surface area contributed by atoms with Gasteiger partial charge in [-0.1, -0.05) is 0 Å². The van der Waals surface area contributed by atoms with Gasteiger partial charge in [-0.15, -0.1) is 0 Å². The van der Waals surface area contributed by atoms with E-state index in [0.29, 0.717) is 6.29 Å². The van der Waals surface area contributed by atoms with E-state index in [-0.39, 0.29) is 24.8 Å². The molecular weight excluding hydrogens is 176 g/mol. The molecule has 0 aromatic heterocycles. The highest BCUT2D eigenvalue weighted by Gasteiger charge is 2.32. The van der Waals surface area contributed by atoms with Crippen LogP contribution < -0.4 is 5.32 Å². The van der Waals surface area contributed by atoms with Crippen LogP contribution in [-0.2, 0) is 14.4 Å². The lowest BCUT2D eigenvalue weighted by Gasteiger charge is -2.13. The van der Waals surface area contributed by atoms with Crippen LogP contribution in [-0.4, -0.2) is 36.9 Å². The summed E-state index contributed by atoms with van der Waals surface area (Å²) in [5.41, 5.74) is 0. The number of rotatable bonds is 2. The van der Waals surface area contributed by atoms with Crippen LogP contribution in [0.2, 0.25) is 0 Å². The summed E-state index contributed by atoms with van der Waals surface area (Å²) in [5.74, 6) is -0.710. The van der Waals surface area contributed by atoms with Crippen molar-refractivity contribution in [2.75, 3.05) is 13.6 Å². The summed E-state index contributed by atoms with van der Waals surface area (Å²) in [6.45, 7) is 0.149. The number of hydrogen-bond donors (Lipinski definition) is 1. The summed E-state index contributed by atoms with van der Waals surface area (Å²) in [6.07, 6.45) is 0.0888. The highest BCUT2D eigenvalue weighted by molar-refractivity contribution is 5.83. The molecule has 0 bridgehead atoms. The second-order valence-corrected chi connectivity index (χ2v) is 2.68. The average Bonchev–Trinajstić information content (AvgIpc) is 2.47. The molecule has 6 heteroatoms. The standard InChI is InChI=1S/C7H10N2O4/c1-8-7(12)13-9-3-5(4-10)2-6(9)11/h4-5H,2-3H2,1H3,(H,8,12). The number of amides is 2. The minimum absolute atomic E-state index is 0.112. The number of nitrogens with zero attached hydrogens (tertiary/aromatic N) is 1. The lowest BCUT2D eigenvalue weighted by atomic mass is 10.1. The molecule has 1 atom stereocenters. The Labute approximate surface area is 74.8 Å². The van der Waals surface area contributed by atoms with E-state index in [1.807, 2.05) is 0 Å². The molecule has 1 N–H and O–H groups in total. The van der Waals surface area contributed by atoms with Crippen LogP contribution >= 0.6 is 0 Å². The van der Waals surface area contributed by atoms with Crippen molar-refractivity contribution in [2.45, 2.75) is 6.42 Å². The Bertz CT molecular complexity index is 241. The molecule has 0 radical (unpaired) electrons. The van der Waals surface area contributed by atoms with Gasteiger partial charge < -0.3 is 14.9 Å². The van der Waals surface area contributed by atoms with Crippen molar-refractivity contribution in [1.29, 1.82) is 0 Å². The predicted octanol–water partition coefficient (Wildman–Crippen LogP) is -0.695. The second-order valence-electron chi connectivity index (χ2n) is 2.68. The van der Waals surface area contributed by atoms with E-state index >= 15 is 0 Å². The summed E-state index contributed by atoms with van der Waals surface area (Å²) in [4.78, 5) is 36.6. The molecule has 1 aliphatic rings. The molecule has 1 aliphatic heterocycles. The molecule has 13 heavy (non-hydrogen) atoms. The van der Waals surface area contributed by atoms with Crippen molar-refractivity contribution < 1.29 is 19.2 Å². The van der Waals surface area contributed by atoms with Crippen molar-refractivity contribution in [3.05, 3.63) is 0 Å². The fourth-order valence-corrected chi connectivity index (χ4v) is 1.03. The van der Waals surface area contributed by atoms with E-state index in [2.05, 4.69) is 10.2 Å². The fraction of sp³-hybridized carbons (Fsp3) is 0.571. The quantitative estimate of drug-likeness (QED) is 0.579. The first kappa shape index (κ1) is 9.50. The third kappa shape index (κ3) is 2.17. The van der Waals surface area contributed by atoms with Crippen LogP contribution in [0.3, 0.4) is 0 Å². The Kier molecular flexibility index (Phi) is 2.84. The van der Waals surface area contributed by atoms with Gasteiger partial charge in [-0.25, -0.2) is 4.79 Å². The Hall–Kier alpha value is -1.59. The van der Waals surface area contributed by atoms with Gasteiger partial charge in [-0.3, -0.25) is 4.79 Å². The smallest absolute Gasteiger partial charge is 0.323 e. The van der Waals surface area contributed by atoms with E-state index < -0.39 is 6.09 Å². The van der Waals surface area contributed by atoms with Gasteiger partial charge >= 0.3 is 6.09 Å². The van der Waals surface area contributed by atoms with Gasteiger partial charge in [0.05, 0.1) is 6.54 Å². The first-order chi connectivity index (χ1) is 6.17. The van der Waals surface area contributed by atoms with E-state index in [1.165, 1.54) is 7.05 Å². The van der Waals surface area contributed by atoms with Gasteiger partial charge in [0.25, 0.3) is 5.91 Å². The Balaban J connectivity index is 2.48. The molecule has 6 nitrogen and oxygen atoms in total. The number of aldehydes is 1. The molecule has 1 saturated heterocycles. The van der Waals surface area contributed by atoms with Gasteiger partial charge in [0.15, 0.2) is 0 Å². The fourth-order valence-electron chi connectivity index (χ4n) is 1.03. The number of nitrogens with one attached hydrogen (secondary N) is 1. The SMILES string of the molecule is CNC(=O)ON1CC(C=O)CC1=O. The van der Waals surface area contributed by atoms with Crippen LogP contribution in [0, 0.1) is 5.92 Å². The normalized spacial score (nSPS) is 21.5. The number of carbonyl (C=O) groups is 3. The van der Waals surface area contributed by atoms with Crippen molar-refractivity contribution in [1.82, 2.24) is 10.4 Å². The van der Waals surface area contributed by atoms with E-state index in [4.69, 9.17) is 0 Å². The molecule has 1 fully saturated rings. The Morgan fingerprint density at radius 3 is 2.92 bits per heavy atom. The molecule has 2 amide bonds. The number of carbonyl (C=O) groups excluding carboxylic acids is 3. The van der Waals surface area contributed by atoms with Crippen LogP contribution in [0.1, 0.15) is 6.42 Å². The largest absolute Gasteiger partial charge is 0.431 e. The lowest BCUT2D eigenvalue weighted by Crippen LogP contribution is -2.33. The topological polar surface area (TPSA) is 75.7 Å². The zero-order chi connectivity index (χ0) is 9.84. The highest BCUT2D eigenvalue weighted by atomic mass is 16.7. The molecule has 0 aromatic rings. The molecule has 0 aliphatic carbocycles. The Morgan fingerprint density at radius 2 is 2.46 bits per heavy atom. The maximum atomic E-state index is 11.1. The van der Waals surface area contributed by atoms with Crippen molar-refractivity contribution in [3.8, 4) is 0 Å². The maximum Gasteiger partial charge on any atom is 0.431 e. The number of hydroxylamine groups is 2. The molecule has 1 unspecified atom stereocenters. The van der Waals surface area contributed by atoms with E-state index in [9.17, 15) is 14.4 Å². The van der Waals surface area contributed by atoms with E-state index in [1.54, 1.807) is 0 Å². The summed E-state index contributed by atoms with van der Waals surface area (Å²) < 4.78 is 0. The Morgan fingerprint density at radius 1 is 1.77 bits per heavy atom. The minimum atomic E-state index is -0.708. The summed E-state index contributed by atoms with van der Waals surface area (Å²) in [5, 5.41) is 3.10. The monoisotopic (exact) mass is 186 g/mol. The molecule has 1 heterocycles. The van der Waals surface area contributed by atoms with Crippen molar-refractivity contribution in [3.63, 3.8) is 0 Å². The third-order valence-corrected chi connectivity index (χ3v) is 1.70. The molecule has 0 saturated carbocycles. The first-order valence-electron chi connectivity index (χ1n) is 3.82. The van der Waals surface area contributed by atoms with Gasteiger partial charge in [0, 0.05) is 19.4 Å². The summed E-state index contributed by atoms with van der Waals surface area (Å²) >= 11 is 0. The minimum Gasteiger partial charge on any atom is -0.323 e. The van der Waals surface area contributed by atoms with Crippen LogP contribution in [0.25, 0.3) is 0 Å². The van der Waals surface area contributed by atoms with Gasteiger partial charge in [-0.2, -0.15) is 5.06 Å². The number of hydrogen-bond acceptors (Lipinski definition) is 4. The van der Waals surface area contributed by atoms with Gasteiger partial charge in [0.1, 0.15) is 6.29 Å². The van der Waals surface area contributed by atoms with Crippen LogP contribution in [0.5, 0.6) is 0 Å². The predicted molar refractivity (Wildman–Crippen MR) is 41.4 cm³/mol. The molecule has 0 aromatic carbocycles. The van der Waals surface area contributed by atoms with Crippen LogP contribution in [0.4, 0.5) is 4.79 Å². The van der Waals surface area contributed by atoms with Crippen molar-refractivity contribution in [2.24, 2.45) is 5.92 Å². The molecular formula is C7H10N2O4. The van der Waals surface area contributed by atoms with Gasteiger partial charge in [0.2, 0.25) is 0 Å². The van der Waals surface area contributed by atoms with E-state index in [0.717, 1.165) is 5.06 Å². The molecule has 1 rings (SSSR count). The maximum absolute atomic E-state index is 11.1. The molecule has 0 spiro atoms. The zero-order valence-electron chi connectivity index (χ0n) is 7.15. The lowest BCUT2D eigenvalue weighted by molar-refractivity contribution is -0.157. The molecule has 72 valence electrons. The van der Waals surface area contributed by atoms with Crippen LogP contribution in [0.15, 0.2) is 0 Å². The summed E-state index contributed by atoms with van der Waals surface area (Å²) in [7, 11) is 1.39. The second kappa shape index (κ2) is 3.88. The van der Waals surface area contributed by atoms with Crippen molar-refractivity contribution >= 4 is 18.3 Å².